The lowest BCUT2D eigenvalue weighted by molar-refractivity contribution is -0.116. The van der Waals surface area contributed by atoms with Crippen LogP contribution in [0.4, 0.5) is 5.69 Å². The van der Waals surface area contributed by atoms with Crippen molar-refractivity contribution < 1.29 is 18.7 Å². The molecule has 0 aliphatic carbocycles. The molecule has 2 aromatic heterocycles. The highest BCUT2D eigenvalue weighted by atomic mass is 16.5. The second-order valence-electron chi connectivity index (χ2n) is 6.26. The molecule has 2 amide bonds. The number of anilines is 1. The first-order valence-corrected chi connectivity index (χ1v) is 8.84. The Bertz CT molecular complexity index is 950. The largest absolute Gasteiger partial charge is 0.459 e. The van der Waals surface area contributed by atoms with E-state index in [0.29, 0.717) is 17.3 Å². The maximum Gasteiger partial charge on any atom is 0.286 e. The number of rotatable bonds is 7. The van der Waals surface area contributed by atoms with Crippen LogP contribution < -0.4 is 15.4 Å². The van der Waals surface area contributed by atoms with Crippen molar-refractivity contribution in [2.75, 3.05) is 11.9 Å². The number of ether oxygens (including phenoxy) is 1. The first kappa shape index (κ1) is 19.2. The predicted molar refractivity (Wildman–Crippen MR) is 105 cm³/mol. The van der Waals surface area contributed by atoms with Gasteiger partial charge in [-0.05, 0) is 55.3 Å². The fourth-order valence-corrected chi connectivity index (χ4v) is 2.42. The minimum absolute atomic E-state index is 0.132. The molecule has 28 heavy (non-hydrogen) atoms. The van der Waals surface area contributed by atoms with E-state index < -0.39 is 0 Å². The summed E-state index contributed by atoms with van der Waals surface area (Å²) < 4.78 is 10.7. The minimum atomic E-state index is -0.354. The minimum Gasteiger partial charge on any atom is -0.459 e. The van der Waals surface area contributed by atoms with Crippen molar-refractivity contribution >= 4 is 17.5 Å². The topological polar surface area (TPSA) is 93.5 Å². The number of aromatic nitrogens is 1. The van der Waals surface area contributed by atoms with Gasteiger partial charge in [0.05, 0.1) is 18.1 Å². The number of furan rings is 1. The normalized spacial score (nSPS) is 10.4. The number of carbonyl (C=O) groups is 2. The molecule has 7 heteroatoms. The Kier molecular flexibility index (Phi) is 6.06. The fourth-order valence-electron chi connectivity index (χ4n) is 2.42. The summed E-state index contributed by atoms with van der Waals surface area (Å²) in [4.78, 5) is 27.9. The van der Waals surface area contributed by atoms with Crippen LogP contribution in [0, 0.1) is 13.8 Å². The van der Waals surface area contributed by atoms with Gasteiger partial charge in [0, 0.05) is 19.0 Å². The van der Waals surface area contributed by atoms with Crippen LogP contribution in [0.3, 0.4) is 0 Å². The third kappa shape index (κ3) is 5.20. The molecular formula is C21H21N3O4. The summed E-state index contributed by atoms with van der Waals surface area (Å²) in [5, 5.41) is 5.34. The van der Waals surface area contributed by atoms with Crippen LogP contribution in [0.1, 0.15) is 28.1 Å². The quantitative estimate of drug-likeness (QED) is 0.650. The monoisotopic (exact) mass is 379 g/mol. The first-order chi connectivity index (χ1) is 13.5. The van der Waals surface area contributed by atoms with Crippen LogP contribution in [0.5, 0.6) is 11.6 Å². The van der Waals surface area contributed by atoms with E-state index in [1.165, 1.54) is 18.0 Å². The van der Waals surface area contributed by atoms with E-state index in [0.717, 1.165) is 5.56 Å². The number of amides is 2. The van der Waals surface area contributed by atoms with E-state index in [4.69, 9.17) is 9.15 Å². The van der Waals surface area contributed by atoms with Gasteiger partial charge in [-0.3, -0.25) is 9.59 Å². The highest BCUT2D eigenvalue weighted by Gasteiger charge is 2.09. The molecule has 2 N–H and O–H groups in total. The van der Waals surface area contributed by atoms with Gasteiger partial charge in [0.1, 0.15) is 5.75 Å². The van der Waals surface area contributed by atoms with Crippen LogP contribution in [-0.2, 0) is 4.79 Å². The third-order valence-corrected chi connectivity index (χ3v) is 4.10. The van der Waals surface area contributed by atoms with E-state index in [1.54, 1.807) is 24.3 Å². The number of pyridine rings is 1. The standard InChI is InChI=1S/C21H21N3O4/c1-14-5-7-17(12-15(14)2)28-20-8-6-16(13-23-20)24-19(25)9-10-22-21(26)18-4-3-11-27-18/h3-8,11-13H,9-10H2,1-2H3,(H,22,26)(H,24,25). The average molecular weight is 379 g/mol. The van der Waals surface area contributed by atoms with E-state index in [9.17, 15) is 9.59 Å². The molecule has 0 bridgehead atoms. The lowest BCUT2D eigenvalue weighted by atomic mass is 10.1. The van der Waals surface area contributed by atoms with Crippen LogP contribution in [0.2, 0.25) is 0 Å². The molecule has 0 fully saturated rings. The molecular weight excluding hydrogens is 358 g/mol. The number of hydrogen-bond donors (Lipinski definition) is 2. The van der Waals surface area contributed by atoms with Crippen molar-refractivity contribution in [3.8, 4) is 11.6 Å². The molecule has 0 atom stereocenters. The van der Waals surface area contributed by atoms with Crippen molar-refractivity contribution in [1.82, 2.24) is 10.3 Å². The Morgan fingerprint density at radius 1 is 1.11 bits per heavy atom. The molecule has 0 aliphatic heterocycles. The van der Waals surface area contributed by atoms with Crippen molar-refractivity contribution in [1.29, 1.82) is 0 Å². The summed E-state index contributed by atoms with van der Waals surface area (Å²) in [7, 11) is 0. The molecule has 3 aromatic rings. The van der Waals surface area contributed by atoms with Gasteiger partial charge in [-0.15, -0.1) is 0 Å². The zero-order chi connectivity index (χ0) is 19.9. The first-order valence-electron chi connectivity index (χ1n) is 8.84. The third-order valence-electron chi connectivity index (χ3n) is 4.10. The number of carbonyl (C=O) groups excluding carboxylic acids is 2. The summed E-state index contributed by atoms with van der Waals surface area (Å²) in [6.45, 7) is 4.26. The van der Waals surface area contributed by atoms with Gasteiger partial charge in [-0.25, -0.2) is 4.98 Å². The number of benzene rings is 1. The zero-order valence-corrected chi connectivity index (χ0v) is 15.7. The zero-order valence-electron chi connectivity index (χ0n) is 15.7. The van der Waals surface area contributed by atoms with Gasteiger partial charge in [0.25, 0.3) is 5.91 Å². The Morgan fingerprint density at radius 2 is 1.96 bits per heavy atom. The number of hydrogen-bond acceptors (Lipinski definition) is 5. The van der Waals surface area contributed by atoms with Crippen LogP contribution in [0.25, 0.3) is 0 Å². The number of aryl methyl sites for hydroxylation is 2. The number of nitrogens with zero attached hydrogens (tertiary/aromatic N) is 1. The molecule has 0 saturated carbocycles. The summed E-state index contributed by atoms with van der Waals surface area (Å²) in [5.41, 5.74) is 2.88. The molecule has 144 valence electrons. The van der Waals surface area contributed by atoms with Crippen molar-refractivity contribution in [2.24, 2.45) is 0 Å². The maximum absolute atomic E-state index is 12.0. The average Bonchev–Trinajstić information content (AvgIpc) is 3.21. The van der Waals surface area contributed by atoms with Crippen LogP contribution >= 0.6 is 0 Å². The molecule has 0 aliphatic rings. The molecule has 2 heterocycles. The van der Waals surface area contributed by atoms with Crippen molar-refractivity contribution in [3.63, 3.8) is 0 Å². The summed E-state index contributed by atoms with van der Waals surface area (Å²) in [6, 6.07) is 12.4. The highest BCUT2D eigenvalue weighted by molar-refractivity contribution is 5.93. The molecule has 7 nitrogen and oxygen atoms in total. The van der Waals surface area contributed by atoms with E-state index in [-0.39, 0.29) is 30.5 Å². The van der Waals surface area contributed by atoms with Crippen molar-refractivity contribution in [3.05, 3.63) is 71.8 Å². The SMILES string of the molecule is Cc1ccc(Oc2ccc(NC(=O)CCNC(=O)c3ccco3)cn2)cc1C. The van der Waals surface area contributed by atoms with Gasteiger partial charge < -0.3 is 19.8 Å². The van der Waals surface area contributed by atoms with Gasteiger partial charge in [0.15, 0.2) is 5.76 Å². The molecule has 0 unspecified atom stereocenters. The van der Waals surface area contributed by atoms with Gasteiger partial charge in [0.2, 0.25) is 11.8 Å². The van der Waals surface area contributed by atoms with E-state index >= 15 is 0 Å². The summed E-state index contributed by atoms with van der Waals surface area (Å²) in [5.74, 6) is 0.771. The fraction of sp³-hybridized carbons (Fsp3) is 0.190. The van der Waals surface area contributed by atoms with Crippen LogP contribution in [0.15, 0.2) is 59.3 Å². The van der Waals surface area contributed by atoms with Crippen LogP contribution in [-0.4, -0.2) is 23.3 Å². The second kappa shape index (κ2) is 8.85. The summed E-state index contributed by atoms with van der Waals surface area (Å²) >= 11 is 0. The van der Waals surface area contributed by atoms with E-state index in [2.05, 4.69) is 15.6 Å². The van der Waals surface area contributed by atoms with E-state index in [1.807, 2.05) is 32.0 Å². The Hall–Kier alpha value is -3.61. The maximum atomic E-state index is 12.0. The van der Waals surface area contributed by atoms with Gasteiger partial charge in [-0.2, -0.15) is 0 Å². The Balaban J connectivity index is 1.46. The lowest BCUT2D eigenvalue weighted by Crippen LogP contribution is -2.27. The second-order valence-corrected chi connectivity index (χ2v) is 6.26. The predicted octanol–water partition coefficient (Wildman–Crippen LogP) is 3.84. The smallest absolute Gasteiger partial charge is 0.286 e. The van der Waals surface area contributed by atoms with Crippen molar-refractivity contribution in [2.45, 2.75) is 20.3 Å². The molecule has 0 radical (unpaired) electrons. The van der Waals surface area contributed by atoms with Gasteiger partial charge in [-0.1, -0.05) is 6.07 Å². The number of nitrogens with one attached hydrogen (secondary N) is 2. The lowest BCUT2D eigenvalue weighted by Gasteiger charge is -2.09. The Labute approximate surface area is 162 Å². The molecule has 3 rings (SSSR count). The molecule has 1 aromatic carbocycles. The molecule has 0 saturated heterocycles. The molecule has 0 spiro atoms. The van der Waals surface area contributed by atoms with Gasteiger partial charge >= 0.3 is 0 Å². The summed E-state index contributed by atoms with van der Waals surface area (Å²) in [6.07, 6.45) is 3.07. The Morgan fingerprint density at radius 3 is 2.64 bits per heavy atom. The highest BCUT2D eigenvalue weighted by Crippen LogP contribution is 2.23.